The molecule has 5 nitrogen and oxygen atoms in total. The Morgan fingerprint density at radius 1 is 1.12 bits per heavy atom. The SMILES string of the molecule is Cc1ccc(CNC(=O)Nc2ccccc2SCC(N)=O)c(C)c1. The van der Waals surface area contributed by atoms with E-state index < -0.39 is 5.91 Å². The molecule has 126 valence electrons. The van der Waals surface area contributed by atoms with Gasteiger partial charge in [0.15, 0.2) is 0 Å². The van der Waals surface area contributed by atoms with E-state index in [4.69, 9.17) is 5.73 Å². The molecule has 6 heteroatoms. The summed E-state index contributed by atoms with van der Waals surface area (Å²) in [6.45, 7) is 4.52. The summed E-state index contributed by atoms with van der Waals surface area (Å²) in [5.74, 6) is -0.225. The summed E-state index contributed by atoms with van der Waals surface area (Å²) in [6.07, 6.45) is 0. The first-order valence-electron chi connectivity index (χ1n) is 7.57. The van der Waals surface area contributed by atoms with E-state index in [0.717, 1.165) is 16.0 Å². The van der Waals surface area contributed by atoms with E-state index in [-0.39, 0.29) is 11.8 Å². The number of anilines is 1. The van der Waals surface area contributed by atoms with Gasteiger partial charge < -0.3 is 16.4 Å². The van der Waals surface area contributed by atoms with E-state index in [0.29, 0.717) is 12.2 Å². The molecule has 0 aliphatic carbocycles. The van der Waals surface area contributed by atoms with Gasteiger partial charge in [-0.15, -0.1) is 11.8 Å². The van der Waals surface area contributed by atoms with Gasteiger partial charge in [-0.05, 0) is 37.1 Å². The number of amides is 3. The largest absolute Gasteiger partial charge is 0.369 e. The normalized spacial score (nSPS) is 10.2. The molecule has 0 atom stereocenters. The first-order valence-corrected chi connectivity index (χ1v) is 8.55. The number of benzene rings is 2. The van der Waals surface area contributed by atoms with Gasteiger partial charge >= 0.3 is 6.03 Å². The molecule has 0 aromatic heterocycles. The summed E-state index contributed by atoms with van der Waals surface area (Å²) >= 11 is 1.30. The molecule has 0 saturated carbocycles. The van der Waals surface area contributed by atoms with E-state index >= 15 is 0 Å². The predicted octanol–water partition coefficient (Wildman–Crippen LogP) is 3.20. The van der Waals surface area contributed by atoms with Gasteiger partial charge in [0, 0.05) is 11.4 Å². The molecule has 0 heterocycles. The molecule has 2 aromatic carbocycles. The maximum atomic E-state index is 12.1. The molecule has 24 heavy (non-hydrogen) atoms. The average Bonchev–Trinajstić information content (AvgIpc) is 2.53. The Morgan fingerprint density at radius 2 is 1.88 bits per heavy atom. The molecule has 3 amide bonds. The molecule has 4 N–H and O–H groups in total. The maximum absolute atomic E-state index is 12.1. The number of para-hydroxylation sites is 1. The third-order valence-electron chi connectivity index (χ3n) is 3.44. The highest BCUT2D eigenvalue weighted by atomic mass is 32.2. The van der Waals surface area contributed by atoms with E-state index in [9.17, 15) is 9.59 Å². The fourth-order valence-electron chi connectivity index (χ4n) is 2.23. The standard InChI is InChI=1S/C18H21N3O2S/c1-12-7-8-14(13(2)9-12)10-20-18(23)21-15-5-3-4-6-16(15)24-11-17(19)22/h3-9H,10-11H2,1-2H3,(H2,19,22)(H2,20,21,23). The lowest BCUT2D eigenvalue weighted by Gasteiger charge is -2.12. The molecule has 0 saturated heterocycles. The molecule has 0 spiro atoms. The minimum atomic E-state index is -0.394. The predicted molar refractivity (Wildman–Crippen MR) is 98.1 cm³/mol. The Hall–Kier alpha value is -2.47. The molecule has 0 radical (unpaired) electrons. The van der Waals surface area contributed by atoms with Gasteiger partial charge in [0.25, 0.3) is 0 Å². The summed E-state index contributed by atoms with van der Waals surface area (Å²) in [5.41, 5.74) is 9.24. The lowest BCUT2D eigenvalue weighted by atomic mass is 10.1. The zero-order chi connectivity index (χ0) is 17.5. The van der Waals surface area contributed by atoms with E-state index in [1.807, 2.05) is 44.2 Å². The molecular weight excluding hydrogens is 322 g/mol. The topological polar surface area (TPSA) is 84.2 Å². The molecule has 0 aliphatic rings. The van der Waals surface area contributed by atoms with Crippen LogP contribution in [0.25, 0.3) is 0 Å². The molecule has 2 aromatic rings. The first kappa shape index (κ1) is 17.9. The van der Waals surface area contributed by atoms with Crippen molar-refractivity contribution in [3.8, 4) is 0 Å². The number of hydrogen-bond donors (Lipinski definition) is 3. The van der Waals surface area contributed by atoms with Gasteiger partial charge in [0.2, 0.25) is 5.91 Å². The van der Waals surface area contributed by atoms with Crippen molar-refractivity contribution in [1.29, 1.82) is 0 Å². The Kier molecular flexibility index (Phi) is 6.26. The van der Waals surface area contributed by atoms with Gasteiger partial charge in [-0.1, -0.05) is 35.9 Å². The number of hydrogen-bond acceptors (Lipinski definition) is 3. The van der Waals surface area contributed by atoms with Crippen LogP contribution in [0.3, 0.4) is 0 Å². The van der Waals surface area contributed by atoms with Crippen molar-refractivity contribution < 1.29 is 9.59 Å². The highest BCUT2D eigenvalue weighted by Gasteiger charge is 2.08. The van der Waals surface area contributed by atoms with Crippen LogP contribution in [0.4, 0.5) is 10.5 Å². The van der Waals surface area contributed by atoms with Crippen molar-refractivity contribution in [2.45, 2.75) is 25.3 Å². The summed E-state index contributed by atoms with van der Waals surface area (Å²) in [7, 11) is 0. The van der Waals surface area contributed by atoms with Gasteiger partial charge in [-0.2, -0.15) is 0 Å². The average molecular weight is 343 g/mol. The Labute approximate surface area is 146 Å². The highest BCUT2D eigenvalue weighted by molar-refractivity contribution is 8.00. The molecular formula is C18H21N3O2S. The minimum Gasteiger partial charge on any atom is -0.369 e. The van der Waals surface area contributed by atoms with Crippen molar-refractivity contribution >= 4 is 29.4 Å². The molecule has 0 aliphatic heterocycles. The van der Waals surface area contributed by atoms with Crippen molar-refractivity contribution in [2.24, 2.45) is 5.73 Å². The van der Waals surface area contributed by atoms with Crippen LogP contribution in [0.1, 0.15) is 16.7 Å². The number of rotatable bonds is 6. The monoisotopic (exact) mass is 343 g/mol. The number of nitrogens with two attached hydrogens (primary N) is 1. The van der Waals surface area contributed by atoms with Gasteiger partial charge in [0.05, 0.1) is 11.4 Å². The van der Waals surface area contributed by atoms with Crippen LogP contribution in [0.2, 0.25) is 0 Å². The molecule has 0 fully saturated rings. The van der Waals surface area contributed by atoms with Crippen LogP contribution in [0.5, 0.6) is 0 Å². The molecule has 0 bridgehead atoms. The Bertz CT molecular complexity index is 747. The summed E-state index contributed by atoms with van der Waals surface area (Å²) in [6, 6.07) is 13.1. The highest BCUT2D eigenvalue weighted by Crippen LogP contribution is 2.26. The minimum absolute atomic E-state index is 0.170. The summed E-state index contributed by atoms with van der Waals surface area (Å²) in [5, 5.41) is 5.66. The second kappa shape index (κ2) is 8.40. The van der Waals surface area contributed by atoms with Gasteiger partial charge in [-0.3, -0.25) is 4.79 Å². The molecule has 0 unspecified atom stereocenters. The lowest BCUT2D eigenvalue weighted by molar-refractivity contribution is -0.115. The Balaban J connectivity index is 1.96. The third kappa shape index (κ3) is 5.31. The van der Waals surface area contributed by atoms with Crippen LogP contribution in [-0.2, 0) is 11.3 Å². The van der Waals surface area contributed by atoms with Crippen molar-refractivity contribution in [1.82, 2.24) is 5.32 Å². The summed E-state index contributed by atoms with van der Waals surface area (Å²) in [4.78, 5) is 23.9. The van der Waals surface area contributed by atoms with Crippen LogP contribution in [0.15, 0.2) is 47.4 Å². The molecule has 2 rings (SSSR count). The Morgan fingerprint density at radius 3 is 2.58 bits per heavy atom. The van der Waals surface area contributed by atoms with E-state index in [2.05, 4.69) is 16.7 Å². The maximum Gasteiger partial charge on any atom is 0.319 e. The van der Waals surface area contributed by atoms with Crippen LogP contribution in [0, 0.1) is 13.8 Å². The quantitative estimate of drug-likeness (QED) is 0.704. The number of nitrogens with one attached hydrogen (secondary N) is 2. The smallest absolute Gasteiger partial charge is 0.319 e. The van der Waals surface area contributed by atoms with Crippen molar-refractivity contribution in [2.75, 3.05) is 11.1 Å². The van der Waals surface area contributed by atoms with Crippen LogP contribution >= 0.6 is 11.8 Å². The van der Waals surface area contributed by atoms with E-state index in [1.54, 1.807) is 6.07 Å². The number of primary amides is 1. The van der Waals surface area contributed by atoms with Crippen LogP contribution < -0.4 is 16.4 Å². The number of urea groups is 1. The second-order valence-electron chi connectivity index (χ2n) is 5.49. The van der Waals surface area contributed by atoms with E-state index in [1.165, 1.54) is 17.3 Å². The number of aryl methyl sites for hydroxylation is 2. The number of carbonyl (C=O) groups excluding carboxylic acids is 2. The van der Waals surface area contributed by atoms with Gasteiger partial charge in [0.1, 0.15) is 0 Å². The zero-order valence-corrected chi connectivity index (χ0v) is 14.6. The second-order valence-corrected chi connectivity index (χ2v) is 6.51. The van der Waals surface area contributed by atoms with Gasteiger partial charge in [-0.25, -0.2) is 4.79 Å². The number of thioether (sulfide) groups is 1. The van der Waals surface area contributed by atoms with Crippen molar-refractivity contribution in [3.05, 3.63) is 59.2 Å². The third-order valence-corrected chi connectivity index (χ3v) is 4.54. The number of carbonyl (C=O) groups is 2. The summed E-state index contributed by atoms with van der Waals surface area (Å²) < 4.78 is 0. The fraction of sp³-hybridized carbons (Fsp3) is 0.222. The fourth-order valence-corrected chi connectivity index (χ4v) is 2.98. The lowest BCUT2D eigenvalue weighted by Crippen LogP contribution is -2.28. The zero-order valence-electron chi connectivity index (χ0n) is 13.8. The first-order chi connectivity index (χ1) is 11.5. The van der Waals surface area contributed by atoms with Crippen LogP contribution in [-0.4, -0.2) is 17.7 Å². The van der Waals surface area contributed by atoms with Crippen molar-refractivity contribution in [3.63, 3.8) is 0 Å².